The maximum Gasteiger partial charge on any atom is 0.137 e. The number of hydrogen-bond acceptors (Lipinski definition) is 1. The van der Waals surface area contributed by atoms with Crippen molar-refractivity contribution in [2.45, 2.75) is 26.8 Å². The first-order valence-electron chi connectivity index (χ1n) is 6.47. The van der Waals surface area contributed by atoms with Crippen LogP contribution in [0.1, 0.15) is 29.7 Å². The highest BCUT2D eigenvalue weighted by atomic mass is 79.9. The average molecular weight is 358 g/mol. The summed E-state index contributed by atoms with van der Waals surface area (Å²) in [6.07, 6.45) is 0. The van der Waals surface area contributed by atoms with Crippen molar-refractivity contribution in [2.24, 2.45) is 0 Å². The van der Waals surface area contributed by atoms with E-state index in [1.165, 1.54) is 25.1 Å². The van der Waals surface area contributed by atoms with Gasteiger partial charge >= 0.3 is 0 Å². The summed E-state index contributed by atoms with van der Waals surface area (Å²) < 4.78 is 41.3. The molecule has 0 aliphatic carbocycles. The average Bonchev–Trinajstić information content (AvgIpc) is 2.40. The van der Waals surface area contributed by atoms with Crippen molar-refractivity contribution in [3.05, 3.63) is 62.9 Å². The molecule has 0 bridgehead atoms. The molecule has 2 aromatic carbocycles. The highest BCUT2D eigenvalue weighted by Crippen LogP contribution is 2.29. The Kier molecular flexibility index (Phi) is 4.61. The lowest BCUT2D eigenvalue weighted by Gasteiger charge is -2.19. The van der Waals surface area contributed by atoms with Crippen molar-refractivity contribution >= 4 is 21.6 Å². The summed E-state index contributed by atoms with van der Waals surface area (Å²) in [5.74, 6) is -1.27. The summed E-state index contributed by atoms with van der Waals surface area (Å²) in [5, 5.41) is 3.08. The fourth-order valence-corrected chi connectivity index (χ4v) is 2.45. The summed E-state index contributed by atoms with van der Waals surface area (Å²) in [7, 11) is 0. The maximum absolute atomic E-state index is 14.0. The van der Waals surface area contributed by atoms with Gasteiger partial charge in [-0.25, -0.2) is 13.2 Å². The number of hydrogen-bond donors (Lipinski definition) is 1. The standard InChI is InChI=1S/C16H15BrF3N/c1-8-4-14(19)11(6-13(8)18)10(3)21-16-7-12(17)15(20)5-9(16)2/h4-7,10,21H,1-3H3. The van der Waals surface area contributed by atoms with Crippen LogP contribution in [0.15, 0.2) is 28.7 Å². The van der Waals surface area contributed by atoms with E-state index < -0.39 is 17.7 Å². The third kappa shape index (κ3) is 3.40. The molecule has 0 saturated carbocycles. The highest BCUT2D eigenvalue weighted by Gasteiger charge is 2.15. The summed E-state index contributed by atoms with van der Waals surface area (Å²) in [6.45, 7) is 4.99. The lowest BCUT2D eigenvalue weighted by atomic mass is 10.0. The second-order valence-electron chi connectivity index (χ2n) is 5.07. The Morgan fingerprint density at radius 3 is 2.19 bits per heavy atom. The number of rotatable bonds is 3. The van der Waals surface area contributed by atoms with E-state index in [4.69, 9.17) is 0 Å². The van der Waals surface area contributed by atoms with Gasteiger partial charge in [0.1, 0.15) is 17.5 Å². The van der Waals surface area contributed by atoms with E-state index in [2.05, 4.69) is 21.2 Å². The Bertz CT molecular complexity index is 686. The van der Waals surface area contributed by atoms with Crippen LogP contribution in [0, 0.1) is 31.3 Å². The molecule has 0 fully saturated rings. The van der Waals surface area contributed by atoms with Gasteiger partial charge in [-0.15, -0.1) is 0 Å². The van der Waals surface area contributed by atoms with E-state index >= 15 is 0 Å². The van der Waals surface area contributed by atoms with E-state index in [0.717, 1.165) is 0 Å². The molecule has 2 aromatic rings. The first-order valence-corrected chi connectivity index (χ1v) is 7.26. The van der Waals surface area contributed by atoms with Crippen LogP contribution in [0.25, 0.3) is 0 Å². The predicted molar refractivity (Wildman–Crippen MR) is 82.0 cm³/mol. The van der Waals surface area contributed by atoms with Gasteiger partial charge in [-0.05, 0) is 72.1 Å². The smallest absolute Gasteiger partial charge is 0.137 e. The molecular weight excluding hydrogens is 343 g/mol. The third-order valence-corrected chi connectivity index (χ3v) is 3.99. The first kappa shape index (κ1) is 15.9. The predicted octanol–water partition coefficient (Wildman–Crippen LogP) is 5.66. The van der Waals surface area contributed by atoms with Crippen LogP contribution in [0.4, 0.5) is 18.9 Å². The lowest BCUT2D eigenvalue weighted by Crippen LogP contribution is -2.10. The highest BCUT2D eigenvalue weighted by molar-refractivity contribution is 9.10. The second-order valence-corrected chi connectivity index (χ2v) is 5.92. The zero-order valence-electron chi connectivity index (χ0n) is 11.9. The SMILES string of the molecule is Cc1cc(F)c(C(C)Nc2cc(Br)c(F)cc2C)cc1F. The fourth-order valence-electron chi connectivity index (χ4n) is 2.11. The van der Waals surface area contributed by atoms with Crippen LogP contribution >= 0.6 is 15.9 Å². The maximum atomic E-state index is 14.0. The van der Waals surface area contributed by atoms with Gasteiger partial charge in [-0.3, -0.25) is 0 Å². The van der Waals surface area contributed by atoms with Gasteiger partial charge in [-0.2, -0.15) is 0 Å². The van der Waals surface area contributed by atoms with Crippen LogP contribution in [-0.4, -0.2) is 0 Å². The van der Waals surface area contributed by atoms with Gasteiger partial charge < -0.3 is 5.32 Å². The molecule has 0 heterocycles. The molecular formula is C16H15BrF3N. The number of halogens is 4. The van der Waals surface area contributed by atoms with Crippen molar-refractivity contribution in [1.82, 2.24) is 0 Å². The van der Waals surface area contributed by atoms with Crippen LogP contribution in [0.2, 0.25) is 0 Å². The molecule has 1 nitrogen and oxygen atoms in total. The Hall–Kier alpha value is -1.49. The first-order chi connectivity index (χ1) is 9.79. The zero-order chi connectivity index (χ0) is 15.7. The van der Waals surface area contributed by atoms with E-state index in [1.54, 1.807) is 19.9 Å². The summed E-state index contributed by atoms with van der Waals surface area (Å²) in [4.78, 5) is 0. The number of benzene rings is 2. The van der Waals surface area contributed by atoms with Crippen LogP contribution < -0.4 is 5.32 Å². The van der Waals surface area contributed by atoms with E-state index in [9.17, 15) is 13.2 Å². The van der Waals surface area contributed by atoms with Gasteiger partial charge in [0, 0.05) is 11.3 Å². The lowest BCUT2D eigenvalue weighted by molar-refractivity contribution is 0.571. The van der Waals surface area contributed by atoms with Crippen LogP contribution in [0.3, 0.4) is 0 Å². The van der Waals surface area contributed by atoms with Gasteiger partial charge in [0.2, 0.25) is 0 Å². The molecule has 0 radical (unpaired) electrons. The fraction of sp³-hybridized carbons (Fsp3) is 0.250. The second kappa shape index (κ2) is 6.10. The van der Waals surface area contributed by atoms with E-state index in [1.807, 2.05) is 0 Å². The van der Waals surface area contributed by atoms with Gasteiger partial charge in [0.05, 0.1) is 10.5 Å². The van der Waals surface area contributed by atoms with Crippen LogP contribution in [-0.2, 0) is 0 Å². The van der Waals surface area contributed by atoms with Gasteiger partial charge in [0.25, 0.3) is 0 Å². The van der Waals surface area contributed by atoms with E-state index in [-0.39, 0.29) is 16.9 Å². The molecule has 0 spiro atoms. The molecule has 1 unspecified atom stereocenters. The molecule has 0 amide bonds. The molecule has 2 rings (SSSR count). The van der Waals surface area contributed by atoms with Crippen molar-refractivity contribution in [1.29, 1.82) is 0 Å². The Labute approximate surface area is 130 Å². The minimum absolute atomic E-state index is 0.234. The largest absolute Gasteiger partial charge is 0.378 e. The molecule has 112 valence electrons. The minimum atomic E-state index is -0.465. The molecule has 0 saturated heterocycles. The number of nitrogens with one attached hydrogen (secondary N) is 1. The summed E-state index contributed by atoms with van der Waals surface area (Å²) >= 11 is 3.11. The van der Waals surface area contributed by atoms with Gasteiger partial charge in [-0.1, -0.05) is 0 Å². The topological polar surface area (TPSA) is 12.0 Å². The number of aryl methyl sites for hydroxylation is 2. The third-order valence-electron chi connectivity index (χ3n) is 3.38. The van der Waals surface area contributed by atoms with Crippen LogP contribution in [0.5, 0.6) is 0 Å². The summed E-state index contributed by atoms with van der Waals surface area (Å²) in [6, 6.07) is 4.89. The molecule has 0 aromatic heterocycles. The molecule has 21 heavy (non-hydrogen) atoms. The molecule has 1 N–H and O–H groups in total. The molecule has 0 aliphatic rings. The van der Waals surface area contributed by atoms with Crippen molar-refractivity contribution in [3.63, 3.8) is 0 Å². The minimum Gasteiger partial charge on any atom is -0.378 e. The Morgan fingerprint density at radius 1 is 0.905 bits per heavy atom. The summed E-state index contributed by atoms with van der Waals surface area (Å²) in [5.41, 5.74) is 1.86. The van der Waals surface area contributed by atoms with Gasteiger partial charge in [0.15, 0.2) is 0 Å². The zero-order valence-corrected chi connectivity index (χ0v) is 13.5. The molecule has 5 heteroatoms. The quantitative estimate of drug-likeness (QED) is 0.747. The Balaban J connectivity index is 2.32. The monoisotopic (exact) mass is 357 g/mol. The van der Waals surface area contributed by atoms with Crippen molar-refractivity contribution in [3.8, 4) is 0 Å². The number of anilines is 1. The van der Waals surface area contributed by atoms with Crippen molar-refractivity contribution in [2.75, 3.05) is 5.32 Å². The normalized spacial score (nSPS) is 12.3. The Morgan fingerprint density at radius 2 is 1.52 bits per heavy atom. The molecule has 1 atom stereocenters. The van der Waals surface area contributed by atoms with Crippen molar-refractivity contribution < 1.29 is 13.2 Å². The molecule has 0 aliphatic heterocycles. The van der Waals surface area contributed by atoms with E-state index in [0.29, 0.717) is 15.7 Å².